The molecule has 0 aliphatic carbocycles. The van der Waals surface area contributed by atoms with Crippen molar-refractivity contribution >= 4 is 17.4 Å². The molecule has 5 heteroatoms. The Hall–Kier alpha value is -3.21. The zero-order valence-electron chi connectivity index (χ0n) is 14.0. The van der Waals surface area contributed by atoms with Crippen LogP contribution < -0.4 is 5.32 Å². The fourth-order valence-corrected chi connectivity index (χ4v) is 3.44. The maximum Gasteiger partial charge on any atom is 0.233 e. The van der Waals surface area contributed by atoms with Gasteiger partial charge in [0.05, 0.1) is 11.6 Å². The number of ketones is 1. The van der Waals surface area contributed by atoms with E-state index in [1.54, 1.807) is 30.3 Å². The first-order chi connectivity index (χ1) is 12.6. The van der Waals surface area contributed by atoms with E-state index < -0.39 is 5.82 Å². The van der Waals surface area contributed by atoms with Crippen LogP contribution in [0.5, 0.6) is 0 Å². The lowest BCUT2D eigenvalue weighted by atomic mass is 10.0. The van der Waals surface area contributed by atoms with Crippen LogP contribution in [0.1, 0.15) is 34.1 Å². The molecule has 0 radical (unpaired) electrons. The van der Waals surface area contributed by atoms with Gasteiger partial charge in [-0.2, -0.15) is 0 Å². The molecule has 1 amide bonds. The summed E-state index contributed by atoms with van der Waals surface area (Å²) >= 11 is 0. The van der Waals surface area contributed by atoms with Crippen molar-refractivity contribution in [3.63, 3.8) is 0 Å². The molecular weight excluding hydrogens is 331 g/mol. The second kappa shape index (κ2) is 6.59. The van der Waals surface area contributed by atoms with E-state index in [1.807, 2.05) is 28.8 Å². The Kier molecular flexibility index (Phi) is 4.13. The maximum absolute atomic E-state index is 13.3. The highest BCUT2D eigenvalue weighted by Crippen LogP contribution is 2.32. The predicted octanol–water partition coefficient (Wildman–Crippen LogP) is 3.98. The van der Waals surface area contributed by atoms with Crippen LogP contribution in [0, 0.1) is 5.82 Å². The Morgan fingerprint density at radius 3 is 2.58 bits per heavy atom. The van der Waals surface area contributed by atoms with Gasteiger partial charge in [0.1, 0.15) is 5.82 Å². The van der Waals surface area contributed by atoms with Crippen molar-refractivity contribution in [3.8, 4) is 0 Å². The van der Waals surface area contributed by atoms with Gasteiger partial charge in [-0.3, -0.25) is 9.59 Å². The number of carbonyl (C=O) groups is 2. The fourth-order valence-electron chi connectivity index (χ4n) is 3.44. The third-order valence-corrected chi connectivity index (χ3v) is 4.69. The molecule has 0 bridgehead atoms. The minimum absolute atomic E-state index is 0.0527. The summed E-state index contributed by atoms with van der Waals surface area (Å²) in [6, 6.07) is 18.5. The number of benzene rings is 2. The lowest BCUT2D eigenvalue weighted by Gasteiger charge is -2.10. The summed E-state index contributed by atoms with van der Waals surface area (Å²) in [7, 11) is 0. The molecule has 130 valence electrons. The van der Waals surface area contributed by atoms with Gasteiger partial charge >= 0.3 is 0 Å². The van der Waals surface area contributed by atoms with Crippen molar-refractivity contribution in [2.75, 3.05) is 5.32 Å². The topological polar surface area (TPSA) is 51.1 Å². The number of nitrogens with one attached hydrogen (secondary N) is 1. The first-order valence-corrected chi connectivity index (χ1v) is 8.49. The van der Waals surface area contributed by atoms with E-state index >= 15 is 0 Å². The molecule has 4 rings (SSSR count). The van der Waals surface area contributed by atoms with Crippen molar-refractivity contribution in [2.45, 2.75) is 18.9 Å². The fraction of sp³-hybridized carbons (Fsp3) is 0.143. The molecular formula is C21H17FN2O2. The van der Waals surface area contributed by atoms with E-state index in [0.717, 1.165) is 5.69 Å². The average Bonchev–Trinajstić information content (AvgIpc) is 3.23. The molecule has 3 aromatic rings. The van der Waals surface area contributed by atoms with Crippen molar-refractivity contribution in [3.05, 3.63) is 89.5 Å². The maximum atomic E-state index is 13.3. The smallest absolute Gasteiger partial charge is 0.233 e. The zero-order valence-corrected chi connectivity index (χ0v) is 14.0. The highest BCUT2D eigenvalue weighted by molar-refractivity contribution is 6.08. The van der Waals surface area contributed by atoms with Crippen LogP contribution in [0.3, 0.4) is 0 Å². The van der Waals surface area contributed by atoms with Gasteiger partial charge in [-0.1, -0.05) is 36.4 Å². The number of amides is 1. The van der Waals surface area contributed by atoms with Crippen LogP contribution in [0.2, 0.25) is 0 Å². The van der Waals surface area contributed by atoms with Gasteiger partial charge in [-0.05, 0) is 36.8 Å². The van der Waals surface area contributed by atoms with E-state index in [9.17, 15) is 14.0 Å². The standard InChI is InChI=1S/C21H17FN2O2/c22-15-7-4-8-16(13-15)23-21(26)17-11-12-24-18(17)9-10-19(24)20(25)14-5-2-1-3-6-14/h1-10,13,17H,11-12H2,(H,23,26). The predicted molar refractivity (Wildman–Crippen MR) is 96.7 cm³/mol. The van der Waals surface area contributed by atoms with Crippen molar-refractivity contribution in [2.24, 2.45) is 0 Å². The number of nitrogens with zero attached hydrogens (tertiary/aromatic N) is 1. The Bertz CT molecular complexity index is 979. The van der Waals surface area contributed by atoms with Crippen LogP contribution in [-0.4, -0.2) is 16.3 Å². The Morgan fingerprint density at radius 2 is 1.81 bits per heavy atom. The van der Waals surface area contributed by atoms with Gasteiger partial charge in [0, 0.05) is 23.5 Å². The minimum atomic E-state index is -0.395. The SMILES string of the molecule is O=C(c1ccccc1)c1ccc2n1CCC2C(=O)Nc1cccc(F)c1. The minimum Gasteiger partial charge on any atom is -0.341 e. The molecule has 2 aromatic carbocycles. The summed E-state index contributed by atoms with van der Waals surface area (Å²) in [5, 5.41) is 2.76. The monoisotopic (exact) mass is 348 g/mol. The van der Waals surface area contributed by atoms with Gasteiger partial charge in [-0.25, -0.2) is 4.39 Å². The number of fused-ring (bicyclic) bond motifs is 1. The molecule has 1 unspecified atom stereocenters. The zero-order chi connectivity index (χ0) is 18.1. The van der Waals surface area contributed by atoms with Gasteiger partial charge < -0.3 is 9.88 Å². The summed E-state index contributed by atoms with van der Waals surface area (Å²) < 4.78 is 15.2. The second-order valence-electron chi connectivity index (χ2n) is 6.33. The number of aromatic nitrogens is 1. The molecule has 1 aliphatic heterocycles. The van der Waals surface area contributed by atoms with Crippen molar-refractivity contribution < 1.29 is 14.0 Å². The Morgan fingerprint density at radius 1 is 1.00 bits per heavy atom. The largest absolute Gasteiger partial charge is 0.341 e. The van der Waals surface area contributed by atoms with Crippen molar-refractivity contribution in [1.82, 2.24) is 4.57 Å². The normalized spacial score (nSPS) is 15.5. The molecule has 1 aliphatic rings. The van der Waals surface area contributed by atoms with E-state index in [4.69, 9.17) is 0 Å². The average molecular weight is 348 g/mol. The summed E-state index contributed by atoms with van der Waals surface area (Å²) in [6.45, 7) is 0.609. The first kappa shape index (κ1) is 16.3. The molecule has 2 heterocycles. The number of hydrogen-bond acceptors (Lipinski definition) is 2. The van der Waals surface area contributed by atoms with Gasteiger partial charge in [0.15, 0.2) is 0 Å². The number of halogens is 1. The van der Waals surface area contributed by atoms with Gasteiger partial charge in [0.25, 0.3) is 0 Å². The van der Waals surface area contributed by atoms with E-state index in [-0.39, 0.29) is 17.6 Å². The van der Waals surface area contributed by atoms with Gasteiger partial charge in [-0.15, -0.1) is 0 Å². The van der Waals surface area contributed by atoms with E-state index in [0.29, 0.717) is 29.9 Å². The van der Waals surface area contributed by atoms with Crippen LogP contribution in [0.4, 0.5) is 10.1 Å². The number of anilines is 1. The molecule has 1 aromatic heterocycles. The van der Waals surface area contributed by atoms with Crippen LogP contribution >= 0.6 is 0 Å². The lowest BCUT2D eigenvalue weighted by Crippen LogP contribution is -2.19. The summed E-state index contributed by atoms with van der Waals surface area (Å²) in [5.74, 6) is -0.988. The highest BCUT2D eigenvalue weighted by Gasteiger charge is 2.32. The molecule has 1 N–H and O–H groups in total. The van der Waals surface area contributed by atoms with Gasteiger partial charge in [0.2, 0.25) is 11.7 Å². The lowest BCUT2D eigenvalue weighted by molar-refractivity contribution is -0.117. The molecule has 0 saturated carbocycles. The molecule has 1 atom stereocenters. The van der Waals surface area contributed by atoms with Crippen LogP contribution in [0.25, 0.3) is 0 Å². The molecule has 26 heavy (non-hydrogen) atoms. The first-order valence-electron chi connectivity index (χ1n) is 8.49. The Balaban J connectivity index is 1.56. The quantitative estimate of drug-likeness (QED) is 0.725. The van der Waals surface area contributed by atoms with E-state index in [2.05, 4.69) is 5.32 Å². The highest BCUT2D eigenvalue weighted by atomic mass is 19.1. The third kappa shape index (κ3) is 2.92. The summed E-state index contributed by atoms with van der Waals surface area (Å²) in [4.78, 5) is 25.3. The van der Waals surface area contributed by atoms with Crippen LogP contribution in [0.15, 0.2) is 66.7 Å². The van der Waals surface area contributed by atoms with Crippen molar-refractivity contribution in [1.29, 1.82) is 0 Å². The summed E-state index contributed by atoms with van der Waals surface area (Å²) in [6.07, 6.45) is 0.617. The Labute approximate surface area is 150 Å². The van der Waals surface area contributed by atoms with E-state index in [1.165, 1.54) is 12.1 Å². The molecule has 0 fully saturated rings. The molecule has 0 spiro atoms. The van der Waals surface area contributed by atoms with Crippen LogP contribution in [-0.2, 0) is 11.3 Å². The third-order valence-electron chi connectivity index (χ3n) is 4.69. The molecule has 0 saturated heterocycles. The second-order valence-corrected chi connectivity index (χ2v) is 6.33. The number of rotatable bonds is 4. The number of hydrogen-bond donors (Lipinski definition) is 1. The number of carbonyl (C=O) groups excluding carboxylic acids is 2. The summed E-state index contributed by atoms with van der Waals surface area (Å²) in [5.41, 5.74) is 2.46. The molecule has 4 nitrogen and oxygen atoms in total.